The van der Waals surface area contributed by atoms with E-state index >= 15 is 0 Å². The highest BCUT2D eigenvalue weighted by Gasteiger charge is 2.51. The van der Waals surface area contributed by atoms with Gasteiger partial charge >= 0.3 is 7.12 Å². The molecule has 0 unspecified atom stereocenters. The van der Waals surface area contributed by atoms with Crippen LogP contribution < -0.4 is 5.46 Å². The summed E-state index contributed by atoms with van der Waals surface area (Å²) in [4.78, 5) is 24.5. The van der Waals surface area contributed by atoms with Gasteiger partial charge in [0.15, 0.2) is 0 Å². The van der Waals surface area contributed by atoms with Gasteiger partial charge in [-0.15, -0.1) is 0 Å². The smallest absolute Gasteiger partial charge is 0.399 e. The third kappa shape index (κ3) is 2.54. The maximum atomic E-state index is 12.2. The van der Waals surface area contributed by atoms with Gasteiger partial charge in [0, 0.05) is 16.5 Å². The second-order valence-corrected chi connectivity index (χ2v) is 8.76. The van der Waals surface area contributed by atoms with Crippen LogP contribution in [0.2, 0.25) is 0 Å². The second kappa shape index (κ2) is 5.88. The number of ketones is 2. The van der Waals surface area contributed by atoms with Crippen LogP contribution in [0.1, 0.15) is 48.4 Å². The minimum Gasteiger partial charge on any atom is -0.399 e. The average molecular weight is 384 g/mol. The minimum absolute atomic E-state index is 0.382. The van der Waals surface area contributed by atoms with Crippen LogP contribution in [0.15, 0.2) is 54.6 Å². The number of Topliss-reactive ketones (excluding diaryl/α,β-unsaturated/α-hetero) is 2. The maximum absolute atomic E-state index is 12.2. The lowest BCUT2D eigenvalue weighted by atomic mass is 9.78. The molecule has 0 atom stereocenters. The largest absolute Gasteiger partial charge is 0.494 e. The quantitative estimate of drug-likeness (QED) is 0.491. The summed E-state index contributed by atoms with van der Waals surface area (Å²) in [7, 11) is -0.405. The molecule has 0 radical (unpaired) electrons. The lowest BCUT2D eigenvalue weighted by Crippen LogP contribution is -2.41. The molecule has 144 valence electrons. The standard InChI is InChI=1S/C24H21BO4/c1-23(2)24(3,4)29-25(28-23)15-10-8-14(9-11-15)16-12-13-19-20-17(16)6-5-7-18(20)21(26)22(19)27/h5-13H,1-4H3. The van der Waals surface area contributed by atoms with Crippen LogP contribution in [0, 0.1) is 0 Å². The van der Waals surface area contributed by atoms with E-state index < -0.39 is 18.7 Å². The van der Waals surface area contributed by atoms with Gasteiger partial charge in [-0.25, -0.2) is 0 Å². The van der Waals surface area contributed by atoms with Crippen LogP contribution in [0.3, 0.4) is 0 Å². The molecule has 3 aromatic carbocycles. The van der Waals surface area contributed by atoms with Gasteiger partial charge in [-0.3, -0.25) is 9.59 Å². The Labute approximate surface area is 170 Å². The van der Waals surface area contributed by atoms with Crippen LogP contribution >= 0.6 is 0 Å². The van der Waals surface area contributed by atoms with Gasteiger partial charge in [0.05, 0.1) is 11.2 Å². The number of carbonyl (C=O) groups is 2. The molecule has 0 saturated carbocycles. The molecule has 2 aliphatic rings. The molecule has 1 heterocycles. The SMILES string of the molecule is CC1(C)OB(c2ccc(-c3ccc4c5c(cccc35)C(=O)C4=O)cc2)OC1(C)C. The highest BCUT2D eigenvalue weighted by atomic mass is 16.7. The van der Waals surface area contributed by atoms with Crippen molar-refractivity contribution in [3.63, 3.8) is 0 Å². The van der Waals surface area contributed by atoms with Crippen LogP contribution in [0.4, 0.5) is 0 Å². The highest BCUT2D eigenvalue weighted by molar-refractivity contribution is 6.62. The summed E-state index contributed by atoms with van der Waals surface area (Å²) in [5.74, 6) is -0.835. The molecule has 5 heteroatoms. The number of benzene rings is 3. The first-order chi connectivity index (χ1) is 13.7. The van der Waals surface area contributed by atoms with Crippen molar-refractivity contribution in [3.05, 3.63) is 65.7 Å². The van der Waals surface area contributed by atoms with Crippen molar-refractivity contribution in [3.8, 4) is 11.1 Å². The third-order valence-corrected chi connectivity index (χ3v) is 6.48. The molecule has 1 saturated heterocycles. The summed E-state index contributed by atoms with van der Waals surface area (Å²) in [5, 5.41) is 1.68. The van der Waals surface area contributed by atoms with E-state index in [4.69, 9.17) is 9.31 Å². The van der Waals surface area contributed by atoms with E-state index in [0.29, 0.717) is 11.1 Å². The first-order valence-electron chi connectivity index (χ1n) is 9.80. The predicted molar refractivity (Wildman–Crippen MR) is 114 cm³/mol. The Morgan fingerprint density at radius 2 is 1.24 bits per heavy atom. The van der Waals surface area contributed by atoms with Gasteiger partial charge in [0.2, 0.25) is 11.6 Å². The fourth-order valence-electron chi connectivity index (χ4n) is 4.08. The number of carbonyl (C=O) groups excluding carboxylic acids is 2. The molecular weight excluding hydrogens is 363 g/mol. The van der Waals surface area contributed by atoms with Crippen LogP contribution in [-0.2, 0) is 9.31 Å². The molecule has 29 heavy (non-hydrogen) atoms. The van der Waals surface area contributed by atoms with Crippen molar-refractivity contribution in [2.45, 2.75) is 38.9 Å². The lowest BCUT2D eigenvalue weighted by Gasteiger charge is -2.32. The Bertz CT molecular complexity index is 1160. The zero-order valence-electron chi connectivity index (χ0n) is 16.9. The summed E-state index contributed by atoms with van der Waals surface area (Å²) in [6.07, 6.45) is 0. The van der Waals surface area contributed by atoms with E-state index in [1.807, 2.05) is 70.2 Å². The monoisotopic (exact) mass is 384 g/mol. The highest BCUT2D eigenvalue weighted by Crippen LogP contribution is 2.38. The fraction of sp³-hybridized carbons (Fsp3) is 0.250. The fourth-order valence-corrected chi connectivity index (χ4v) is 4.08. The van der Waals surface area contributed by atoms with Gasteiger partial charge in [-0.1, -0.05) is 48.5 Å². The Morgan fingerprint density at radius 3 is 1.86 bits per heavy atom. The average Bonchev–Trinajstić information content (AvgIpc) is 3.07. The van der Waals surface area contributed by atoms with Crippen molar-refractivity contribution < 1.29 is 18.9 Å². The van der Waals surface area contributed by atoms with Gasteiger partial charge in [-0.05, 0) is 55.7 Å². The number of rotatable bonds is 2. The molecular formula is C24H21BO4. The van der Waals surface area contributed by atoms with Gasteiger partial charge in [0.25, 0.3) is 0 Å². The Morgan fingerprint density at radius 1 is 0.690 bits per heavy atom. The van der Waals surface area contributed by atoms with Crippen molar-refractivity contribution in [2.24, 2.45) is 0 Å². The van der Waals surface area contributed by atoms with E-state index in [1.54, 1.807) is 12.1 Å². The zero-order valence-corrected chi connectivity index (χ0v) is 16.9. The molecule has 0 amide bonds. The first kappa shape index (κ1) is 18.3. The molecule has 0 N–H and O–H groups in total. The van der Waals surface area contributed by atoms with Gasteiger partial charge in [0.1, 0.15) is 0 Å². The molecule has 1 fully saturated rings. The molecule has 0 spiro atoms. The Kier molecular flexibility index (Phi) is 3.71. The predicted octanol–water partition coefficient (Wildman–Crippen LogP) is 4.19. The molecule has 4 nitrogen and oxygen atoms in total. The van der Waals surface area contributed by atoms with E-state index in [0.717, 1.165) is 27.4 Å². The zero-order chi connectivity index (χ0) is 20.6. The van der Waals surface area contributed by atoms with Crippen LogP contribution in [0.25, 0.3) is 21.9 Å². The van der Waals surface area contributed by atoms with E-state index in [1.165, 1.54) is 0 Å². The Balaban J connectivity index is 1.55. The van der Waals surface area contributed by atoms with Gasteiger partial charge < -0.3 is 9.31 Å². The van der Waals surface area contributed by atoms with Crippen LogP contribution in [0.5, 0.6) is 0 Å². The minimum atomic E-state index is -0.418. The number of hydrogen-bond acceptors (Lipinski definition) is 4. The summed E-state index contributed by atoms with van der Waals surface area (Å²) >= 11 is 0. The lowest BCUT2D eigenvalue weighted by molar-refractivity contribution is 0.00578. The normalized spacial score (nSPS) is 19.4. The summed E-state index contributed by atoms with van der Waals surface area (Å²) in [5.41, 5.74) is 3.20. The molecule has 0 bridgehead atoms. The van der Waals surface area contributed by atoms with Crippen molar-refractivity contribution in [1.82, 2.24) is 0 Å². The van der Waals surface area contributed by atoms with E-state index in [2.05, 4.69) is 0 Å². The topological polar surface area (TPSA) is 52.6 Å². The molecule has 1 aliphatic carbocycles. The maximum Gasteiger partial charge on any atom is 0.494 e. The van der Waals surface area contributed by atoms with Gasteiger partial charge in [-0.2, -0.15) is 0 Å². The summed E-state index contributed by atoms with van der Waals surface area (Å²) in [6.45, 7) is 8.15. The van der Waals surface area contributed by atoms with E-state index in [9.17, 15) is 9.59 Å². The second-order valence-electron chi connectivity index (χ2n) is 8.76. The van der Waals surface area contributed by atoms with Crippen molar-refractivity contribution >= 4 is 34.9 Å². The Hall–Kier alpha value is -2.76. The van der Waals surface area contributed by atoms with Crippen LogP contribution in [-0.4, -0.2) is 29.9 Å². The first-order valence-corrected chi connectivity index (χ1v) is 9.80. The molecule has 1 aliphatic heterocycles. The van der Waals surface area contributed by atoms with E-state index in [-0.39, 0.29) is 11.2 Å². The molecule has 5 rings (SSSR count). The van der Waals surface area contributed by atoms with Crippen molar-refractivity contribution in [1.29, 1.82) is 0 Å². The third-order valence-electron chi connectivity index (χ3n) is 6.48. The number of hydrogen-bond donors (Lipinski definition) is 0. The molecule has 0 aromatic heterocycles. The summed E-state index contributed by atoms with van der Waals surface area (Å²) < 4.78 is 12.3. The molecule has 3 aromatic rings. The van der Waals surface area contributed by atoms with Crippen molar-refractivity contribution in [2.75, 3.05) is 0 Å². The summed E-state index contributed by atoms with van der Waals surface area (Å²) in [6, 6.07) is 17.3.